The summed E-state index contributed by atoms with van der Waals surface area (Å²) in [6.45, 7) is 0.0495. The standard InChI is InChI=1S/C13H15NO5/c15-9-3-1-8(2-4-9)5-12(17)14-7-10(16)6-11(14)13(18)19/h1-4,10-11,15-16H,5-7H2,(H,18,19)/t10-,11-/m0/s1. The molecule has 1 heterocycles. The molecule has 1 aromatic carbocycles. The summed E-state index contributed by atoms with van der Waals surface area (Å²) in [7, 11) is 0. The Labute approximate surface area is 109 Å². The summed E-state index contributed by atoms with van der Waals surface area (Å²) in [6, 6.07) is 5.19. The molecule has 2 atom stereocenters. The van der Waals surface area contributed by atoms with Gasteiger partial charge in [0.25, 0.3) is 0 Å². The van der Waals surface area contributed by atoms with Gasteiger partial charge < -0.3 is 20.2 Å². The Morgan fingerprint density at radius 3 is 2.47 bits per heavy atom. The normalized spacial score (nSPS) is 22.5. The van der Waals surface area contributed by atoms with Gasteiger partial charge >= 0.3 is 5.97 Å². The number of hydrogen-bond acceptors (Lipinski definition) is 4. The first kappa shape index (κ1) is 13.4. The van der Waals surface area contributed by atoms with Gasteiger partial charge in [-0.05, 0) is 17.7 Å². The van der Waals surface area contributed by atoms with Crippen LogP contribution in [-0.4, -0.2) is 50.8 Å². The quantitative estimate of drug-likeness (QED) is 0.713. The van der Waals surface area contributed by atoms with Gasteiger partial charge in [0.05, 0.1) is 12.5 Å². The fraction of sp³-hybridized carbons (Fsp3) is 0.385. The Kier molecular flexibility index (Phi) is 3.71. The maximum Gasteiger partial charge on any atom is 0.326 e. The van der Waals surface area contributed by atoms with Crippen LogP contribution in [0.2, 0.25) is 0 Å². The molecule has 0 bridgehead atoms. The first-order valence-electron chi connectivity index (χ1n) is 5.95. The summed E-state index contributed by atoms with van der Waals surface area (Å²) in [5.74, 6) is -1.33. The summed E-state index contributed by atoms with van der Waals surface area (Å²) in [5, 5.41) is 27.6. The lowest BCUT2D eigenvalue weighted by atomic mass is 10.1. The van der Waals surface area contributed by atoms with Gasteiger partial charge in [-0.15, -0.1) is 0 Å². The molecular weight excluding hydrogens is 250 g/mol. The number of hydrogen-bond donors (Lipinski definition) is 3. The van der Waals surface area contributed by atoms with E-state index in [9.17, 15) is 14.7 Å². The molecule has 1 amide bonds. The lowest BCUT2D eigenvalue weighted by Crippen LogP contribution is -2.41. The molecule has 19 heavy (non-hydrogen) atoms. The van der Waals surface area contributed by atoms with E-state index < -0.39 is 18.1 Å². The Hall–Kier alpha value is -2.08. The number of β-amino-alcohol motifs (C(OH)–C–C–N with tert-alkyl or cyclic N) is 1. The van der Waals surface area contributed by atoms with Crippen LogP contribution in [0.25, 0.3) is 0 Å². The van der Waals surface area contributed by atoms with Gasteiger partial charge in [-0.3, -0.25) is 4.79 Å². The molecule has 0 radical (unpaired) electrons. The van der Waals surface area contributed by atoms with Gasteiger partial charge in [-0.1, -0.05) is 12.1 Å². The minimum Gasteiger partial charge on any atom is -0.508 e. The van der Waals surface area contributed by atoms with Crippen molar-refractivity contribution in [2.75, 3.05) is 6.54 Å². The van der Waals surface area contributed by atoms with Gasteiger partial charge in [0.15, 0.2) is 0 Å². The molecule has 6 nitrogen and oxygen atoms in total. The smallest absolute Gasteiger partial charge is 0.326 e. The van der Waals surface area contributed by atoms with Crippen LogP contribution in [0, 0.1) is 0 Å². The Morgan fingerprint density at radius 2 is 1.89 bits per heavy atom. The van der Waals surface area contributed by atoms with Crippen molar-refractivity contribution in [3.05, 3.63) is 29.8 Å². The van der Waals surface area contributed by atoms with Crippen LogP contribution in [0.15, 0.2) is 24.3 Å². The summed E-state index contributed by atoms with van der Waals surface area (Å²) >= 11 is 0. The number of nitrogens with zero attached hydrogens (tertiary/aromatic N) is 1. The van der Waals surface area contributed by atoms with Crippen molar-refractivity contribution in [3.8, 4) is 5.75 Å². The second kappa shape index (κ2) is 5.27. The van der Waals surface area contributed by atoms with Crippen molar-refractivity contribution in [1.29, 1.82) is 0 Å². The maximum atomic E-state index is 12.0. The summed E-state index contributed by atoms with van der Waals surface area (Å²) in [4.78, 5) is 24.3. The number of carbonyl (C=O) groups is 2. The van der Waals surface area contributed by atoms with E-state index in [0.717, 1.165) is 0 Å². The van der Waals surface area contributed by atoms with Crippen molar-refractivity contribution in [3.63, 3.8) is 0 Å². The first-order chi connectivity index (χ1) is 8.97. The molecular formula is C13H15NO5. The third-order valence-corrected chi connectivity index (χ3v) is 3.18. The monoisotopic (exact) mass is 265 g/mol. The number of rotatable bonds is 3. The fourth-order valence-electron chi connectivity index (χ4n) is 2.21. The van der Waals surface area contributed by atoms with Crippen LogP contribution < -0.4 is 0 Å². The Bertz CT molecular complexity index is 484. The summed E-state index contributed by atoms with van der Waals surface area (Å²) in [6.07, 6.45) is -0.669. The highest BCUT2D eigenvalue weighted by Gasteiger charge is 2.38. The molecule has 1 aliphatic rings. The molecule has 1 aromatic rings. The molecule has 0 unspecified atom stereocenters. The number of carboxylic acid groups (broad SMARTS) is 1. The second-order valence-electron chi connectivity index (χ2n) is 4.63. The zero-order valence-corrected chi connectivity index (χ0v) is 10.2. The minimum atomic E-state index is -1.10. The number of aromatic hydroxyl groups is 1. The second-order valence-corrected chi connectivity index (χ2v) is 4.63. The number of benzene rings is 1. The zero-order valence-electron chi connectivity index (χ0n) is 10.2. The molecule has 1 fully saturated rings. The van der Waals surface area contributed by atoms with E-state index in [0.29, 0.717) is 5.56 Å². The number of likely N-dealkylation sites (tertiary alicyclic amines) is 1. The molecule has 1 saturated heterocycles. The number of amides is 1. The average Bonchev–Trinajstić information content (AvgIpc) is 2.74. The number of aliphatic carboxylic acids is 1. The van der Waals surface area contributed by atoms with Crippen LogP contribution in [0.1, 0.15) is 12.0 Å². The van der Waals surface area contributed by atoms with E-state index in [-0.39, 0.29) is 31.0 Å². The highest BCUT2D eigenvalue weighted by molar-refractivity contribution is 5.85. The number of aliphatic hydroxyl groups excluding tert-OH is 1. The summed E-state index contributed by atoms with van der Waals surface area (Å²) in [5.41, 5.74) is 0.688. The largest absolute Gasteiger partial charge is 0.508 e. The molecule has 0 spiro atoms. The summed E-state index contributed by atoms with van der Waals surface area (Å²) < 4.78 is 0. The van der Waals surface area contributed by atoms with Crippen LogP contribution in [0.5, 0.6) is 5.75 Å². The molecule has 2 rings (SSSR count). The van der Waals surface area contributed by atoms with Crippen molar-refractivity contribution in [1.82, 2.24) is 4.90 Å². The third-order valence-electron chi connectivity index (χ3n) is 3.18. The number of carbonyl (C=O) groups excluding carboxylic acids is 1. The van der Waals surface area contributed by atoms with Gasteiger partial charge in [-0.2, -0.15) is 0 Å². The minimum absolute atomic E-state index is 0.0495. The molecule has 0 aromatic heterocycles. The average molecular weight is 265 g/mol. The van der Waals surface area contributed by atoms with Crippen molar-refractivity contribution >= 4 is 11.9 Å². The number of phenols is 1. The van der Waals surface area contributed by atoms with Crippen LogP contribution in [-0.2, 0) is 16.0 Å². The van der Waals surface area contributed by atoms with Crippen LogP contribution >= 0.6 is 0 Å². The predicted molar refractivity (Wildman–Crippen MR) is 65.6 cm³/mol. The molecule has 0 aliphatic carbocycles. The zero-order chi connectivity index (χ0) is 14.0. The third kappa shape index (κ3) is 3.03. The van der Waals surface area contributed by atoms with Gasteiger partial charge in [0.2, 0.25) is 5.91 Å². The first-order valence-corrected chi connectivity index (χ1v) is 5.95. The molecule has 102 valence electrons. The molecule has 3 N–H and O–H groups in total. The molecule has 1 aliphatic heterocycles. The highest BCUT2D eigenvalue weighted by atomic mass is 16.4. The Balaban J connectivity index is 2.06. The van der Waals surface area contributed by atoms with Gasteiger partial charge in [0, 0.05) is 13.0 Å². The SMILES string of the molecule is O=C(O)[C@@H]1C[C@H](O)CN1C(=O)Cc1ccc(O)cc1. The topological polar surface area (TPSA) is 98.1 Å². The maximum absolute atomic E-state index is 12.0. The van der Waals surface area contributed by atoms with E-state index in [1.807, 2.05) is 0 Å². The lowest BCUT2D eigenvalue weighted by molar-refractivity contribution is -0.148. The van der Waals surface area contributed by atoms with E-state index in [1.165, 1.54) is 17.0 Å². The van der Waals surface area contributed by atoms with Crippen molar-refractivity contribution in [2.24, 2.45) is 0 Å². The van der Waals surface area contributed by atoms with Crippen molar-refractivity contribution in [2.45, 2.75) is 25.0 Å². The van der Waals surface area contributed by atoms with Crippen molar-refractivity contribution < 1.29 is 24.9 Å². The predicted octanol–water partition coefficient (Wildman–Crippen LogP) is -0.0189. The number of phenolic OH excluding ortho intramolecular Hbond substituents is 1. The Morgan fingerprint density at radius 1 is 1.26 bits per heavy atom. The van der Waals surface area contributed by atoms with Crippen LogP contribution in [0.3, 0.4) is 0 Å². The number of aliphatic hydroxyl groups is 1. The highest BCUT2D eigenvalue weighted by Crippen LogP contribution is 2.20. The molecule has 6 heteroatoms. The van der Waals surface area contributed by atoms with E-state index in [2.05, 4.69) is 0 Å². The van der Waals surface area contributed by atoms with E-state index >= 15 is 0 Å². The van der Waals surface area contributed by atoms with Gasteiger partial charge in [0.1, 0.15) is 11.8 Å². The fourth-order valence-corrected chi connectivity index (χ4v) is 2.21. The van der Waals surface area contributed by atoms with E-state index in [1.54, 1.807) is 12.1 Å². The van der Waals surface area contributed by atoms with Crippen LogP contribution in [0.4, 0.5) is 0 Å². The van der Waals surface area contributed by atoms with E-state index in [4.69, 9.17) is 10.2 Å². The molecule has 0 saturated carbocycles. The van der Waals surface area contributed by atoms with Gasteiger partial charge in [-0.25, -0.2) is 4.79 Å². The lowest BCUT2D eigenvalue weighted by Gasteiger charge is -2.21. The number of carboxylic acids is 1.